The lowest BCUT2D eigenvalue weighted by molar-refractivity contribution is 0.0955. The summed E-state index contributed by atoms with van der Waals surface area (Å²) in [6.45, 7) is 2.30. The van der Waals surface area contributed by atoms with Crippen molar-refractivity contribution in [3.63, 3.8) is 0 Å². The van der Waals surface area contributed by atoms with Crippen LogP contribution in [0.3, 0.4) is 0 Å². The molecule has 0 radical (unpaired) electrons. The van der Waals surface area contributed by atoms with Gasteiger partial charge in [0.15, 0.2) is 11.5 Å². The van der Waals surface area contributed by atoms with E-state index in [1.54, 1.807) is 12.1 Å². The number of hydrogen-bond acceptors (Lipinski definition) is 4. The molecule has 144 valence electrons. The highest BCUT2D eigenvalue weighted by atomic mass is 16.5. The van der Waals surface area contributed by atoms with E-state index >= 15 is 0 Å². The normalized spacial score (nSPS) is 13.6. The zero-order chi connectivity index (χ0) is 19.5. The van der Waals surface area contributed by atoms with Crippen LogP contribution in [-0.4, -0.2) is 28.8 Å². The molecule has 0 atom stereocenters. The van der Waals surface area contributed by atoms with Crippen LogP contribution in [-0.2, 0) is 12.8 Å². The van der Waals surface area contributed by atoms with Gasteiger partial charge in [-0.2, -0.15) is 5.10 Å². The van der Waals surface area contributed by atoms with Crippen molar-refractivity contribution in [1.29, 1.82) is 0 Å². The summed E-state index contributed by atoms with van der Waals surface area (Å²) in [5, 5.41) is 14.9. The maximum Gasteiger partial charge on any atom is 0.271 e. The second-order valence-electron chi connectivity index (χ2n) is 6.91. The first-order valence-electron chi connectivity index (χ1n) is 9.58. The summed E-state index contributed by atoms with van der Waals surface area (Å²) in [6.07, 6.45) is 6.06. The quantitative estimate of drug-likeness (QED) is 0.465. The van der Waals surface area contributed by atoms with Gasteiger partial charge >= 0.3 is 0 Å². The minimum Gasteiger partial charge on any atom is -0.504 e. The monoisotopic (exact) mass is 377 g/mol. The Hall–Kier alpha value is -3.28. The molecule has 1 amide bonds. The summed E-state index contributed by atoms with van der Waals surface area (Å²) in [4.78, 5) is 16.0. The molecular formula is C22H23N3O3. The summed E-state index contributed by atoms with van der Waals surface area (Å²) in [7, 11) is 0. The molecule has 3 aromatic rings. The Balaban J connectivity index is 1.49. The van der Waals surface area contributed by atoms with Crippen molar-refractivity contribution >= 4 is 23.0 Å². The molecule has 28 heavy (non-hydrogen) atoms. The highest BCUT2D eigenvalue weighted by Gasteiger charge is 2.16. The number of carbonyl (C=O) groups is 1. The van der Waals surface area contributed by atoms with Gasteiger partial charge < -0.3 is 14.8 Å². The largest absolute Gasteiger partial charge is 0.504 e. The van der Waals surface area contributed by atoms with Gasteiger partial charge in [-0.05, 0) is 80.1 Å². The van der Waals surface area contributed by atoms with E-state index in [1.165, 1.54) is 36.4 Å². The van der Waals surface area contributed by atoms with Crippen LogP contribution in [0.2, 0.25) is 0 Å². The van der Waals surface area contributed by atoms with Crippen LogP contribution in [0.5, 0.6) is 11.5 Å². The second kappa shape index (κ2) is 7.76. The van der Waals surface area contributed by atoms with Gasteiger partial charge in [0.05, 0.1) is 12.8 Å². The van der Waals surface area contributed by atoms with Crippen molar-refractivity contribution in [3.8, 4) is 11.5 Å². The molecule has 0 aliphatic heterocycles. The van der Waals surface area contributed by atoms with E-state index in [0.717, 1.165) is 29.3 Å². The van der Waals surface area contributed by atoms with E-state index in [2.05, 4.69) is 15.5 Å². The number of H-pyrrole nitrogens is 1. The summed E-state index contributed by atoms with van der Waals surface area (Å²) in [5.41, 5.74) is 7.59. The molecule has 1 aliphatic rings. The van der Waals surface area contributed by atoms with Gasteiger partial charge in [0.2, 0.25) is 0 Å². The van der Waals surface area contributed by atoms with E-state index < -0.39 is 0 Å². The van der Waals surface area contributed by atoms with Crippen LogP contribution in [0.25, 0.3) is 10.9 Å². The topological polar surface area (TPSA) is 86.7 Å². The van der Waals surface area contributed by atoms with Crippen LogP contribution in [0.1, 0.15) is 46.9 Å². The fraction of sp³-hybridized carbons (Fsp3) is 0.273. The minimum atomic E-state index is -0.257. The average molecular weight is 377 g/mol. The SMILES string of the molecule is CCOc1cc(/C=N/NC(=O)c2ccc3[nH]c4c(c3c2)CCCC4)ccc1O. The number of aromatic amines is 1. The van der Waals surface area contributed by atoms with Crippen LogP contribution in [0, 0.1) is 0 Å². The minimum absolute atomic E-state index is 0.0752. The first-order valence-corrected chi connectivity index (χ1v) is 9.58. The number of ether oxygens (including phenoxy) is 1. The van der Waals surface area contributed by atoms with Crippen LogP contribution in [0.4, 0.5) is 0 Å². The van der Waals surface area contributed by atoms with Gasteiger partial charge in [0, 0.05) is 22.2 Å². The Morgan fingerprint density at radius 2 is 2.11 bits per heavy atom. The number of aromatic hydroxyl groups is 1. The van der Waals surface area contributed by atoms with Crippen molar-refractivity contribution in [2.75, 3.05) is 6.61 Å². The number of amides is 1. The standard InChI is InChI=1S/C22H23N3O3/c1-2-28-21-11-14(7-10-20(21)26)13-23-25-22(27)15-8-9-19-17(12-15)16-5-3-4-6-18(16)24-19/h7-13,24,26H,2-6H2,1H3,(H,25,27)/b23-13+. The lowest BCUT2D eigenvalue weighted by atomic mass is 9.95. The van der Waals surface area contributed by atoms with Gasteiger partial charge in [-0.3, -0.25) is 4.79 Å². The molecule has 6 nitrogen and oxygen atoms in total. The number of phenols is 1. The number of fused-ring (bicyclic) bond motifs is 3. The third kappa shape index (κ3) is 3.58. The van der Waals surface area contributed by atoms with Crippen LogP contribution < -0.4 is 10.2 Å². The molecule has 0 saturated heterocycles. The van der Waals surface area contributed by atoms with Gasteiger partial charge in [-0.15, -0.1) is 0 Å². The third-order valence-electron chi connectivity index (χ3n) is 5.02. The molecule has 6 heteroatoms. The number of nitrogens with zero attached hydrogens (tertiary/aromatic N) is 1. The summed E-state index contributed by atoms with van der Waals surface area (Å²) >= 11 is 0. The summed E-state index contributed by atoms with van der Waals surface area (Å²) in [6, 6.07) is 10.6. The Morgan fingerprint density at radius 1 is 1.25 bits per heavy atom. The smallest absolute Gasteiger partial charge is 0.271 e. The van der Waals surface area contributed by atoms with E-state index in [0.29, 0.717) is 17.9 Å². The number of nitrogens with one attached hydrogen (secondary N) is 2. The predicted octanol–water partition coefficient (Wildman–Crippen LogP) is 3.91. The molecule has 1 aromatic heterocycles. The number of phenolic OH excluding ortho intramolecular Hbond substituents is 1. The molecule has 0 saturated carbocycles. The molecule has 0 spiro atoms. The molecule has 1 aliphatic carbocycles. The van der Waals surface area contributed by atoms with Crippen molar-refractivity contribution in [1.82, 2.24) is 10.4 Å². The van der Waals surface area contributed by atoms with Crippen molar-refractivity contribution < 1.29 is 14.6 Å². The van der Waals surface area contributed by atoms with E-state index in [4.69, 9.17) is 4.74 Å². The van der Waals surface area contributed by atoms with Gasteiger partial charge in [0.1, 0.15) is 0 Å². The van der Waals surface area contributed by atoms with E-state index in [-0.39, 0.29) is 11.7 Å². The van der Waals surface area contributed by atoms with Gasteiger partial charge in [0.25, 0.3) is 5.91 Å². The number of carbonyl (C=O) groups excluding carboxylic acids is 1. The third-order valence-corrected chi connectivity index (χ3v) is 5.02. The lowest BCUT2D eigenvalue weighted by Crippen LogP contribution is -2.17. The molecular weight excluding hydrogens is 354 g/mol. The van der Waals surface area contributed by atoms with E-state index in [9.17, 15) is 9.90 Å². The zero-order valence-electron chi connectivity index (χ0n) is 15.8. The Bertz CT molecular complexity index is 1050. The zero-order valence-corrected chi connectivity index (χ0v) is 15.8. The van der Waals surface area contributed by atoms with Crippen molar-refractivity contribution in [2.45, 2.75) is 32.6 Å². The highest BCUT2D eigenvalue weighted by molar-refractivity contribution is 5.99. The number of hydrazone groups is 1. The molecule has 4 rings (SSSR count). The average Bonchev–Trinajstić information content (AvgIpc) is 3.08. The Labute approximate surface area is 163 Å². The van der Waals surface area contributed by atoms with Crippen LogP contribution >= 0.6 is 0 Å². The molecule has 2 aromatic carbocycles. The number of benzene rings is 2. The fourth-order valence-electron chi connectivity index (χ4n) is 3.66. The van der Waals surface area contributed by atoms with Crippen LogP contribution in [0.15, 0.2) is 41.5 Å². The molecule has 1 heterocycles. The number of rotatable bonds is 5. The highest BCUT2D eigenvalue weighted by Crippen LogP contribution is 2.29. The van der Waals surface area contributed by atoms with Crippen molar-refractivity contribution in [3.05, 3.63) is 58.8 Å². The van der Waals surface area contributed by atoms with Gasteiger partial charge in [-0.1, -0.05) is 0 Å². The molecule has 0 bridgehead atoms. The summed E-state index contributed by atoms with van der Waals surface area (Å²) in [5.74, 6) is 0.208. The summed E-state index contributed by atoms with van der Waals surface area (Å²) < 4.78 is 5.35. The molecule has 0 unspecified atom stereocenters. The van der Waals surface area contributed by atoms with Gasteiger partial charge in [-0.25, -0.2) is 5.43 Å². The maximum absolute atomic E-state index is 12.5. The number of aryl methyl sites for hydroxylation is 2. The lowest BCUT2D eigenvalue weighted by Gasteiger charge is -2.10. The van der Waals surface area contributed by atoms with E-state index in [1.807, 2.05) is 25.1 Å². The Kier molecular flexibility index (Phi) is 5.02. The first-order chi connectivity index (χ1) is 13.7. The van der Waals surface area contributed by atoms with Crippen molar-refractivity contribution in [2.24, 2.45) is 5.10 Å². The Morgan fingerprint density at radius 3 is 2.96 bits per heavy atom. The molecule has 3 N–H and O–H groups in total. The molecule has 0 fully saturated rings. The number of aromatic nitrogens is 1. The maximum atomic E-state index is 12.5. The first kappa shape index (κ1) is 18.1. The fourth-order valence-corrected chi connectivity index (χ4v) is 3.66. The second-order valence-corrected chi connectivity index (χ2v) is 6.91. The predicted molar refractivity (Wildman–Crippen MR) is 109 cm³/mol. The number of hydrogen-bond donors (Lipinski definition) is 3.